The minimum absolute atomic E-state index is 0.365. The summed E-state index contributed by atoms with van der Waals surface area (Å²) >= 11 is 1.55. The van der Waals surface area contributed by atoms with Crippen molar-refractivity contribution in [1.29, 1.82) is 0 Å². The zero-order valence-corrected chi connectivity index (χ0v) is 18.7. The largest absolute Gasteiger partial charge is 0.497 e. The summed E-state index contributed by atoms with van der Waals surface area (Å²) in [5, 5.41) is 4.87. The number of hydrogen-bond donors (Lipinski definition) is 1. The molecule has 2 heterocycles. The first kappa shape index (κ1) is 21.6. The van der Waals surface area contributed by atoms with Crippen molar-refractivity contribution in [3.63, 3.8) is 0 Å². The lowest BCUT2D eigenvalue weighted by atomic mass is 10.1. The van der Waals surface area contributed by atoms with E-state index in [-0.39, 0.29) is 5.91 Å². The normalized spacial score (nSPS) is 11.8. The van der Waals surface area contributed by atoms with E-state index in [0.29, 0.717) is 30.0 Å². The van der Waals surface area contributed by atoms with Gasteiger partial charge in [0, 0.05) is 19.2 Å². The van der Waals surface area contributed by atoms with Gasteiger partial charge in [-0.25, -0.2) is 4.79 Å². The summed E-state index contributed by atoms with van der Waals surface area (Å²) in [6.07, 6.45) is -0.388. The molecule has 1 atom stereocenters. The van der Waals surface area contributed by atoms with Crippen LogP contribution >= 0.6 is 11.3 Å². The molecule has 0 aliphatic rings. The van der Waals surface area contributed by atoms with Crippen LogP contribution in [0.5, 0.6) is 5.75 Å². The fraction of sp³-hybridized carbons (Fsp3) is 0.200. The molecule has 2 aromatic heterocycles. The maximum absolute atomic E-state index is 13.0. The first-order chi connectivity index (χ1) is 15.6. The quantitative estimate of drug-likeness (QED) is 0.403. The maximum atomic E-state index is 13.0. The number of aromatic nitrogens is 1. The van der Waals surface area contributed by atoms with Crippen LogP contribution in [0.1, 0.15) is 27.7 Å². The topological polar surface area (TPSA) is 69.6 Å². The van der Waals surface area contributed by atoms with E-state index in [1.807, 2.05) is 48.8 Å². The molecule has 4 rings (SSSR count). The number of aryl methyl sites for hydroxylation is 1. The highest BCUT2D eigenvalue weighted by molar-refractivity contribution is 7.17. The predicted octanol–water partition coefficient (Wildman–Crippen LogP) is 4.51. The molecule has 4 aromatic rings. The van der Waals surface area contributed by atoms with Crippen molar-refractivity contribution in [2.75, 3.05) is 13.7 Å². The predicted molar refractivity (Wildman–Crippen MR) is 125 cm³/mol. The first-order valence-electron chi connectivity index (χ1n) is 10.3. The third-order valence-corrected chi connectivity index (χ3v) is 6.16. The Balaban J connectivity index is 1.52. The van der Waals surface area contributed by atoms with Gasteiger partial charge in [0.25, 0.3) is 5.91 Å². The third kappa shape index (κ3) is 4.68. The maximum Gasteiger partial charge on any atom is 0.356 e. The Morgan fingerprint density at radius 3 is 2.50 bits per heavy atom. The van der Waals surface area contributed by atoms with Gasteiger partial charge in [0.15, 0.2) is 0 Å². The van der Waals surface area contributed by atoms with Crippen molar-refractivity contribution in [3.05, 3.63) is 88.9 Å². The molecule has 1 N–H and O–H groups in total. The Kier molecular flexibility index (Phi) is 6.56. The van der Waals surface area contributed by atoms with Crippen molar-refractivity contribution in [2.45, 2.75) is 12.5 Å². The number of carbonyl (C=O) groups is 2. The lowest BCUT2D eigenvalue weighted by Crippen LogP contribution is -2.33. The van der Waals surface area contributed by atoms with E-state index < -0.39 is 12.1 Å². The van der Waals surface area contributed by atoms with Crippen LogP contribution in [0.2, 0.25) is 0 Å². The number of fused-ring (bicyclic) bond motifs is 1. The van der Waals surface area contributed by atoms with Crippen molar-refractivity contribution in [2.24, 2.45) is 7.05 Å². The molecule has 0 radical (unpaired) electrons. The summed E-state index contributed by atoms with van der Waals surface area (Å²) < 4.78 is 13.7. The fourth-order valence-corrected chi connectivity index (χ4v) is 4.38. The van der Waals surface area contributed by atoms with Gasteiger partial charge < -0.3 is 19.4 Å². The average molecular weight is 449 g/mol. The van der Waals surface area contributed by atoms with Crippen LogP contribution in [0.4, 0.5) is 0 Å². The van der Waals surface area contributed by atoms with E-state index in [0.717, 1.165) is 15.8 Å². The van der Waals surface area contributed by atoms with Gasteiger partial charge in [0.05, 0.1) is 17.3 Å². The van der Waals surface area contributed by atoms with Crippen LogP contribution in [-0.2, 0) is 23.0 Å². The molecule has 0 aliphatic carbocycles. The molecule has 0 saturated carbocycles. The fourth-order valence-electron chi connectivity index (χ4n) is 3.53. The Labute approximate surface area is 190 Å². The lowest BCUT2D eigenvalue weighted by molar-refractivity contribution is -0.130. The molecule has 7 heteroatoms. The Hall–Kier alpha value is -3.58. The van der Waals surface area contributed by atoms with Crippen molar-refractivity contribution < 1.29 is 19.1 Å². The standard InChI is InChI=1S/C25H24N2O4S/c1-27-20-13-15-32-22(20)16-21(27)25(29)31-23(18-8-10-19(30-2)11-9-18)24(28)26-14-12-17-6-4-3-5-7-17/h3-11,13,15-16,23H,12,14H2,1-2H3,(H,26,28)/t23-/m0/s1. The van der Waals surface area contributed by atoms with E-state index in [1.54, 1.807) is 53.3 Å². The van der Waals surface area contributed by atoms with Crippen molar-refractivity contribution in [3.8, 4) is 5.75 Å². The number of benzene rings is 2. The molecule has 6 nitrogen and oxygen atoms in total. The number of nitrogens with one attached hydrogen (secondary N) is 1. The number of rotatable bonds is 8. The number of nitrogens with zero attached hydrogens (tertiary/aromatic N) is 1. The highest BCUT2D eigenvalue weighted by atomic mass is 32.1. The van der Waals surface area contributed by atoms with E-state index in [4.69, 9.17) is 9.47 Å². The number of hydrogen-bond acceptors (Lipinski definition) is 5. The number of ether oxygens (including phenoxy) is 2. The van der Waals surface area contributed by atoms with Gasteiger partial charge in [0.1, 0.15) is 11.4 Å². The van der Waals surface area contributed by atoms with Crippen molar-refractivity contribution in [1.82, 2.24) is 9.88 Å². The van der Waals surface area contributed by atoms with E-state index in [9.17, 15) is 9.59 Å². The molecule has 0 saturated heterocycles. The summed E-state index contributed by atoms with van der Waals surface area (Å²) in [5.41, 5.74) is 3.06. The van der Waals surface area contributed by atoms with Gasteiger partial charge in [-0.15, -0.1) is 11.3 Å². The Bertz CT molecular complexity index is 1210. The average Bonchev–Trinajstić information content (AvgIpc) is 3.41. The minimum atomic E-state index is -1.07. The molecule has 32 heavy (non-hydrogen) atoms. The van der Waals surface area contributed by atoms with Gasteiger partial charge in [-0.1, -0.05) is 42.5 Å². The summed E-state index contributed by atoms with van der Waals surface area (Å²) in [4.78, 5) is 26.0. The number of carbonyl (C=O) groups excluding carboxylic acids is 2. The van der Waals surface area contributed by atoms with Crippen molar-refractivity contribution >= 4 is 33.4 Å². The summed E-state index contributed by atoms with van der Waals surface area (Å²) in [5.74, 6) is -0.253. The number of methoxy groups -OCH3 is 1. The number of esters is 1. The molecule has 1 amide bonds. The summed E-state index contributed by atoms with van der Waals surface area (Å²) in [6, 6.07) is 20.6. The first-order valence-corrected chi connectivity index (χ1v) is 11.1. The molecule has 0 aliphatic heterocycles. The van der Waals surface area contributed by atoms with Crippen LogP contribution in [0.25, 0.3) is 10.2 Å². The molecule has 164 valence electrons. The highest BCUT2D eigenvalue weighted by Crippen LogP contribution is 2.27. The van der Waals surface area contributed by atoms with E-state index in [1.165, 1.54) is 0 Å². The second-order valence-corrected chi connectivity index (χ2v) is 8.29. The molecule has 2 aromatic carbocycles. The molecule has 0 spiro atoms. The molecule has 0 bridgehead atoms. The second-order valence-electron chi connectivity index (χ2n) is 7.34. The van der Waals surface area contributed by atoms with Crippen LogP contribution in [0.3, 0.4) is 0 Å². The third-order valence-electron chi connectivity index (χ3n) is 5.31. The van der Waals surface area contributed by atoms with Gasteiger partial charge in [-0.3, -0.25) is 4.79 Å². The molecular formula is C25H24N2O4S. The second kappa shape index (κ2) is 9.70. The Morgan fingerprint density at radius 1 is 1.06 bits per heavy atom. The molecule has 0 fully saturated rings. The van der Waals surface area contributed by atoms with Crippen LogP contribution in [-0.4, -0.2) is 30.1 Å². The number of amides is 1. The highest BCUT2D eigenvalue weighted by Gasteiger charge is 2.27. The summed E-state index contributed by atoms with van der Waals surface area (Å²) in [6.45, 7) is 0.437. The van der Waals surface area contributed by atoms with Crippen LogP contribution < -0.4 is 10.1 Å². The lowest BCUT2D eigenvalue weighted by Gasteiger charge is -2.18. The van der Waals surface area contributed by atoms with Crippen LogP contribution in [0, 0.1) is 0 Å². The zero-order valence-electron chi connectivity index (χ0n) is 17.9. The molecule has 0 unspecified atom stereocenters. The van der Waals surface area contributed by atoms with E-state index in [2.05, 4.69) is 5.32 Å². The zero-order chi connectivity index (χ0) is 22.5. The smallest absolute Gasteiger partial charge is 0.356 e. The Morgan fingerprint density at radius 2 is 1.81 bits per heavy atom. The van der Waals surface area contributed by atoms with Gasteiger partial charge in [-0.05, 0) is 41.6 Å². The van der Waals surface area contributed by atoms with Gasteiger partial charge >= 0.3 is 5.97 Å². The van der Waals surface area contributed by atoms with Gasteiger partial charge in [-0.2, -0.15) is 0 Å². The number of thiophene rings is 1. The van der Waals surface area contributed by atoms with Crippen LogP contribution in [0.15, 0.2) is 72.1 Å². The van der Waals surface area contributed by atoms with Gasteiger partial charge in [0.2, 0.25) is 6.10 Å². The minimum Gasteiger partial charge on any atom is -0.497 e. The molecular weight excluding hydrogens is 424 g/mol. The monoisotopic (exact) mass is 448 g/mol. The van der Waals surface area contributed by atoms with E-state index >= 15 is 0 Å². The SMILES string of the molecule is COc1ccc([C@H](OC(=O)c2cc3sccc3n2C)C(=O)NCCc2ccccc2)cc1. The summed E-state index contributed by atoms with van der Waals surface area (Å²) in [7, 11) is 3.39.